The molecule has 0 spiro atoms. The van der Waals surface area contributed by atoms with Gasteiger partial charge in [-0.3, -0.25) is 4.79 Å². The van der Waals surface area contributed by atoms with E-state index in [-0.39, 0.29) is 24.1 Å². The van der Waals surface area contributed by atoms with Gasteiger partial charge in [-0.25, -0.2) is 4.39 Å². The number of aromatic nitrogens is 1. The van der Waals surface area contributed by atoms with Crippen molar-refractivity contribution in [3.8, 4) is 0 Å². The number of para-hydroxylation sites is 1. The predicted molar refractivity (Wildman–Crippen MR) is 103 cm³/mol. The molecule has 0 aliphatic carbocycles. The lowest BCUT2D eigenvalue weighted by Crippen LogP contribution is -2.41. The molecule has 4 rings (SSSR count). The fraction of sp³-hybridized carbons (Fsp3) is 0.318. The fourth-order valence-corrected chi connectivity index (χ4v) is 3.91. The van der Waals surface area contributed by atoms with Crippen LogP contribution in [0.5, 0.6) is 0 Å². The number of hydrogen-bond donors (Lipinski definition) is 0. The van der Waals surface area contributed by atoms with Gasteiger partial charge in [-0.05, 0) is 23.3 Å². The van der Waals surface area contributed by atoms with Crippen molar-refractivity contribution in [2.75, 3.05) is 26.3 Å². The molecule has 5 heteroatoms. The van der Waals surface area contributed by atoms with Crippen molar-refractivity contribution in [1.29, 1.82) is 0 Å². The Kier molecular flexibility index (Phi) is 4.94. The Bertz CT molecular complexity index is 960. The third kappa shape index (κ3) is 3.47. The van der Waals surface area contributed by atoms with Crippen molar-refractivity contribution in [2.45, 2.75) is 12.3 Å². The maximum absolute atomic E-state index is 14.7. The first-order valence-electron chi connectivity index (χ1n) is 9.29. The van der Waals surface area contributed by atoms with Crippen LogP contribution in [0.4, 0.5) is 4.39 Å². The van der Waals surface area contributed by atoms with E-state index < -0.39 is 0 Å². The molecule has 0 saturated carbocycles. The summed E-state index contributed by atoms with van der Waals surface area (Å²) in [6.45, 7) is 2.31. The summed E-state index contributed by atoms with van der Waals surface area (Å²) in [5, 5.41) is 1.06. The molecule has 3 aromatic rings. The number of rotatable bonds is 4. The van der Waals surface area contributed by atoms with Crippen LogP contribution in [0, 0.1) is 5.82 Å². The summed E-state index contributed by atoms with van der Waals surface area (Å²) >= 11 is 0. The number of halogens is 1. The number of carbonyl (C=O) groups excluding carboxylic acids is 1. The van der Waals surface area contributed by atoms with Gasteiger partial charge in [0, 0.05) is 49.6 Å². The SMILES string of the molecule is Cn1cc([C@H](CC(=O)N2CCOCC2)c2ccccc2F)c2ccccc21. The number of amides is 1. The molecule has 1 aliphatic rings. The number of fused-ring (bicyclic) bond motifs is 1. The van der Waals surface area contributed by atoms with Crippen LogP contribution in [0.15, 0.2) is 54.7 Å². The molecular formula is C22H23FN2O2. The molecule has 140 valence electrons. The van der Waals surface area contributed by atoms with Gasteiger partial charge < -0.3 is 14.2 Å². The molecule has 1 saturated heterocycles. The van der Waals surface area contributed by atoms with E-state index in [9.17, 15) is 9.18 Å². The Morgan fingerprint density at radius 1 is 1.07 bits per heavy atom. The minimum absolute atomic E-state index is 0.0412. The summed E-state index contributed by atoms with van der Waals surface area (Å²) in [5.74, 6) is -0.558. The first-order chi connectivity index (χ1) is 13.1. The standard InChI is InChI=1S/C22H23FN2O2/c1-24-15-19(17-7-3-5-9-21(17)24)18(16-6-2-4-8-20(16)23)14-22(26)25-10-12-27-13-11-25/h2-9,15,18H,10-14H2,1H3/t18-/m1/s1. The lowest BCUT2D eigenvalue weighted by Gasteiger charge is -2.28. The van der Waals surface area contributed by atoms with Crippen molar-refractivity contribution in [1.82, 2.24) is 9.47 Å². The average Bonchev–Trinajstić information content (AvgIpc) is 3.04. The third-order valence-corrected chi connectivity index (χ3v) is 5.33. The molecule has 1 atom stereocenters. The number of ether oxygens (including phenoxy) is 1. The first kappa shape index (κ1) is 17.7. The summed E-state index contributed by atoms with van der Waals surface area (Å²) in [4.78, 5) is 14.8. The van der Waals surface area contributed by atoms with E-state index in [4.69, 9.17) is 4.74 Å². The lowest BCUT2D eigenvalue weighted by atomic mass is 9.87. The van der Waals surface area contributed by atoms with Crippen LogP contribution in [-0.2, 0) is 16.6 Å². The van der Waals surface area contributed by atoms with Crippen LogP contribution in [0.3, 0.4) is 0 Å². The van der Waals surface area contributed by atoms with Crippen molar-refractivity contribution >= 4 is 16.8 Å². The normalized spacial score (nSPS) is 15.9. The molecule has 1 amide bonds. The van der Waals surface area contributed by atoms with Gasteiger partial charge in [0.1, 0.15) is 5.82 Å². The van der Waals surface area contributed by atoms with Gasteiger partial charge in [-0.2, -0.15) is 0 Å². The average molecular weight is 366 g/mol. The molecular weight excluding hydrogens is 343 g/mol. The topological polar surface area (TPSA) is 34.5 Å². The number of nitrogens with zero attached hydrogens (tertiary/aromatic N) is 2. The Hall–Kier alpha value is -2.66. The highest BCUT2D eigenvalue weighted by Crippen LogP contribution is 2.36. The van der Waals surface area contributed by atoms with E-state index >= 15 is 0 Å². The molecule has 1 aliphatic heterocycles. The second-order valence-electron chi connectivity index (χ2n) is 6.98. The summed E-state index contributed by atoms with van der Waals surface area (Å²) < 4.78 is 22.1. The van der Waals surface area contributed by atoms with E-state index in [1.165, 1.54) is 6.07 Å². The van der Waals surface area contributed by atoms with Gasteiger partial charge in [0.25, 0.3) is 0 Å². The maximum Gasteiger partial charge on any atom is 0.223 e. The van der Waals surface area contributed by atoms with Crippen molar-refractivity contribution < 1.29 is 13.9 Å². The van der Waals surface area contributed by atoms with Gasteiger partial charge in [-0.15, -0.1) is 0 Å². The molecule has 0 bridgehead atoms. The van der Waals surface area contributed by atoms with Crippen LogP contribution in [0.1, 0.15) is 23.5 Å². The zero-order valence-electron chi connectivity index (χ0n) is 15.4. The van der Waals surface area contributed by atoms with E-state index in [1.54, 1.807) is 12.1 Å². The van der Waals surface area contributed by atoms with Gasteiger partial charge in [0.15, 0.2) is 0 Å². The predicted octanol–water partition coefficient (Wildman–Crippen LogP) is 3.70. The molecule has 1 fully saturated rings. The highest BCUT2D eigenvalue weighted by Gasteiger charge is 2.27. The monoisotopic (exact) mass is 366 g/mol. The van der Waals surface area contributed by atoms with Gasteiger partial charge in [0.2, 0.25) is 5.91 Å². The Balaban J connectivity index is 1.76. The summed E-state index contributed by atoms with van der Waals surface area (Å²) in [5.41, 5.74) is 2.63. The zero-order chi connectivity index (χ0) is 18.8. The van der Waals surface area contributed by atoms with E-state index in [2.05, 4.69) is 0 Å². The summed E-state index contributed by atoms with van der Waals surface area (Å²) in [7, 11) is 1.98. The van der Waals surface area contributed by atoms with Gasteiger partial charge >= 0.3 is 0 Å². The number of aryl methyl sites for hydroxylation is 1. The minimum atomic E-state index is -0.326. The molecule has 27 heavy (non-hydrogen) atoms. The van der Waals surface area contributed by atoms with Crippen molar-refractivity contribution in [3.05, 3.63) is 71.7 Å². The molecule has 2 heterocycles. The second-order valence-corrected chi connectivity index (χ2v) is 6.98. The molecule has 1 aromatic heterocycles. The van der Waals surface area contributed by atoms with Crippen LogP contribution in [-0.4, -0.2) is 41.7 Å². The van der Waals surface area contributed by atoms with E-state index in [1.807, 2.05) is 53.0 Å². The summed E-state index contributed by atoms with van der Waals surface area (Å²) in [6.07, 6.45) is 2.27. The highest BCUT2D eigenvalue weighted by atomic mass is 19.1. The Morgan fingerprint density at radius 3 is 2.56 bits per heavy atom. The Morgan fingerprint density at radius 2 is 1.78 bits per heavy atom. The van der Waals surface area contributed by atoms with Gasteiger partial charge in [-0.1, -0.05) is 36.4 Å². The molecule has 0 unspecified atom stereocenters. The molecule has 0 N–H and O–H groups in total. The van der Waals surface area contributed by atoms with E-state index in [0.717, 1.165) is 16.5 Å². The fourth-order valence-electron chi connectivity index (χ4n) is 3.91. The lowest BCUT2D eigenvalue weighted by molar-refractivity contribution is -0.135. The van der Waals surface area contributed by atoms with Crippen LogP contribution < -0.4 is 0 Å². The number of benzene rings is 2. The smallest absolute Gasteiger partial charge is 0.223 e. The Labute approximate surface area is 158 Å². The van der Waals surface area contributed by atoms with E-state index in [0.29, 0.717) is 31.9 Å². The number of carbonyl (C=O) groups is 1. The molecule has 2 aromatic carbocycles. The molecule has 0 radical (unpaired) electrons. The van der Waals surface area contributed by atoms with Crippen LogP contribution in [0.25, 0.3) is 10.9 Å². The largest absolute Gasteiger partial charge is 0.378 e. The minimum Gasteiger partial charge on any atom is -0.378 e. The number of hydrogen-bond acceptors (Lipinski definition) is 2. The highest BCUT2D eigenvalue weighted by molar-refractivity contribution is 5.86. The zero-order valence-corrected chi connectivity index (χ0v) is 15.4. The quantitative estimate of drug-likeness (QED) is 0.706. The van der Waals surface area contributed by atoms with Crippen LogP contribution >= 0.6 is 0 Å². The third-order valence-electron chi connectivity index (χ3n) is 5.33. The van der Waals surface area contributed by atoms with Crippen LogP contribution in [0.2, 0.25) is 0 Å². The maximum atomic E-state index is 14.7. The molecule has 4 nitrogen and oxygen atoms in total. The van der Waals surface area contributed by atoms with Crippen molar-refractivity contribution in [2.24, 2.45) is 7.05 Å². The second kappa shape index (κ2) is 7.53. The van der Waals surface area contributed by atoms with Gasteiger partial charge in [0.05, 0.1) is 13.2 Å². The summed E-state index contributed by atoms with van der Waals surface area (Å²) in [6, 6.07) is 14.8. The first-order valence-corrected chi connectivity index (χ1v) is 9.29. The number of morpholine rings is 1. The van der Waals surface area contributed by atoms with Crippen molar-refractivity contribution in [3.63, 3.8) is 0 Å².